The molecule has 1 amide bonds. The Hall–Kier alpha value is -4.09. The molecule has 1 N–H and O–H groups in total. The Balaban J connectivity index is 1.26. The predicted octanol–water partition coefficient (Wildman–Crippen LogP) is 5.09. The molecule has 190 valence electrons. The molecule has 0 spiro atoms. The number of nitrogens with one attached hydrogen (secondary N) is 1. The number of aryl methyl sites for hydroxylation is 1. The Labute approximate surface area is 224 Å². The lowest BCUT2D eigenvalue weighted by atomic mass is 10.0. The van der Waals surface area contributed by atoms with Crippen molar-refractivity contribution in [2.24, 2.45) is 5.10 Å². The van der Waals surface area contributed by atoms with Crippen LogP contribution in [0.15, 0.2) is 87.3 Å². The molecule has 3 aromatic heterocycles. The van der Waals surface area contributed by atoms with Crippen LogP contribution >= 0.6 is 23.1 Å². The highest BCUT2D eigenvalue weighted by Gasteiger charge is 2.33. The summed E-state index contributed by atoms with van der Waals surface area (Å²) in [7, 11) is 0. The number of hydrazone groups is 1. The van der Waals surface area contributed by atoms with Crippen molar-refractivity contribution in [2.75, 3.05) is 5.75 Å². The van der Waals surface area contributed by atoms with Gasteiger partial charge < -0.3 is 4.98 Å². The maximum Gasteiger partial charge on any atom is 0.262 e. The molecule has 1 aliphatic heterocycles. The molecule has 0 fully saturated rings. The number of halogens is 1. The van der Waals surface area contributed by atoms with E-state index in [0.717, 1.165) is 39.2 Å². The zero-order valence-corrected chi connectivity index (χ0v) is 21.8. The van der Waals surface area contributed by atoms with Crippen LogP contribution < -0.4 is 5.56 Å². The SMILES string of the molecule is Cc1ccc(-n2ncc3c(=O)[nH]c(SCC(=O)N4N=C(c5cccs5)CC4c4ccc(F)cc4)nc32)cc1. The number of thioether (sulfide) groups is 1. The molecule has 0 aliphatic carbocycles. The molecule has 0 saturated carbocycles. The number of aromatic nitrogens is 4. The van der Waals surface area contributed by atoms with Crippen molar-refractivity contribution in [3.63, 3.8) is 0 Å². The quantitative estimate of drug-likeness (QED) is 0.237. The number of rotatable bonds is 6. The molecule has 0 saturated heterocycles. The fourth-order valence-corrected chi connectivity index (χ4v) is 5.74. The summed E-state index contributed by atoms with van der Waals surface area (Å²) in [6.07, 6.45) is 2.01. The molecule has 11 heteroatoms. The summed E-state index contributed by atoms with van der Waals surface area (Å²) in [5, 5.41) is 13.1. The molecule has 6 rings (SSSR count). The Morgan fingerprint density at radius 2 is 1.95 bits per heavy atom. The van der Waals surface area contributed by atoms with Gasteiger partial charge in [-0.05, 0) is 48.2 Å². The van der Waals surface area contributed by atoms with E-state index in [0.29, 0.717) is 22.6 Å². The average Bonchev–Trinajstić information content (AvgIpc) is 3.68. The number of amides is 1. The van der Waals surface area contributed by atoms with Crippen molar-refractivity contribution < 1.29 is 9.18 Å². The average molecular weight is 545 g/mol. The summed E-state index contributed by atoms with van der Waals surface area (Å²) in [4.78, 5) is 34.5. The third-order valence-electron chi connectivity index (χ3n) is 6.25. The molecule has 4 heterocycles. The van der Waals surface area contributed by atoms with Gasteiger partial charge in [0.2, 0.25) is 0 Å². The number of carbonyl (C=O) groups excluding carboxylic acids is 1. The van der Waals surface area contributed by atoms with Gasteiger partial charge in [0.15, 0.2) is 10.8 Å². The van der Waals surface area contributed by atoms with Crippen LogP contribution in [0.1, 0.15) is 28.5 Å². The molecule has 8 nitrogen and oxygen atoms in total. The monoisotopic (exact) mass is 544 g/mol. The lowest BCUT2D eigenvalue weighted by Crippen LogP contribution is -2.28. The second-order valence-electron chi connectivity index (χ2n) is 8.82. The van der Waals surface area contributed by atoms with E-state index in [1.165, 1.54) is 23.3 Å². The van der Waals surface area contributed by atoms with E-state index >= 15 is 0 Å². The van der Waals surface area contributed by atoms with Gasteiger partial charge in [-0.3, -0.25) is 9.59 Å². The normalized spacial score (nSPS) is 15.3. The highest BCUT2D eigenvalue weighted by molar-refractivity contribution is 7.99. The summed E-state index contributed by atoms with van der Waals surface area (Å²) < 4.78 is 15.2. The molecular formula is C27H21FN6O2S2. The number of fused-ring (bicyclic) bond motifs is 1. The highest BCUT2D eigenvalue weighted by atomic mass is 32.2. The van der Waals surface area contributed by atoms with Crippen molar-refractivity contribution >= 4 is 45.8 Å². The van der Waals surface area contributed by atoms with E-state index in [4.69, 9.17) is 0 Å². The van der Waals surface area contributed by atoms with E-state index in [1.807, 2.05) is 48.7 Å². The first-order chi connectivity index (χ1) is 18.5. The summed E-state index contributed by atoms with van der Waals surface area (Å²) in [5.74, 6) is -0.577. The minimum atomic E-state index is -0.349. The highest BCUT2D eigenvalue weighted by Crippen LogP contribution is 2.34. The summed E-state index contributed by atoms with van der Waals surface area (Å²) >= 11 is 2.68. The molecule has 0 bridgehead atoms. The predicted molar refractivity (Wildman–Crippen MR) is 146 cm³/mol. The first kappa shape index (κ1) is 24.3. The van der Waals surface area contributed by atoms with Crippen LogP contribution in [0.2, 0.25) is 0 Å². The number of aromatic amines is 1. The van der Waals surface area contributed by atoms with E-state index in [9.17, 15) is 14.0 Å². The van der Waals surface area contributed by atoms with Gasteiger partial charge in [0, 0.05) is 6.42 Å². The number of hydrogen-bond donors (Lipinski definition) is 1. The zero-order chi connectivity index (χ0) is 26.2. The third kappa shape index (κ3) is 4.66. The van der Waals surface area contributed by atoms with Gasteiger partial charge >= 0.3 is 0 Å². The molecule has 5 aromatic rings. The molecular weight excluding hydrogens is 523 g/mol. The summed E-state index contributed by atoms with van der Waals surface area (Å²) in [6, 6.07) is 17.4. The Bertz CT molecular complexity index is 1710. The number of benzene rings is 2. The molecule has 2 aromatic carbocycles. The minimum absolute atomic E-state index is 0.00598. The first-order valence-corrected chi connectivity index (χ1v) is 13.7. The molecule has 38 heavy (non-hydrogen) atoms. The van der Waals surface area contributed by atoms with Crippen molar-refractivity contribution in [3.05, 3.63) is 104 Å². The topological polar surface area (TPSA) is 96.2 Å². The summed E-state index contributed by atoms with van der Waals surface area (Å²) in [6.45, 7) is 1.99. The van der Waals surface area contributed by atoms with Crippen molar-refractivity contribution in [3.8, 4) is 5.69 Å². The molecule has 1 aliphatic rings. The molecule has 1 atom stereocenters. The van der Waals surface area contributed by atoms with E-state index in [1.54, 1.807) is 28.2 Å². The van der Waals surface area contributed by atoms with Gasteiger partial charge in [0.25, 0.3) is 11.5 Å². The Morgan fingerprint density at radius 3 is 2.68 bits per heavy atom. The van der Waals surface area contributed by atoms with Crippen molar-refractivity contribution in [1.29, 1.82) is 0 Å². The van der Waals surface area contributed by atoms with Gasteiger partial charge in [0.05, 0.1) is 34.3 Å². The van der Waals surface area contributed by atoms with E-state index < -0.39 is 0 Å². The fraction of sp³-hybridized carbons (Fsp3) is 0.148. The van der Waals surface area contributed by atoms with Gasteiger partial charge in [-0.2, -0.15) is 10.2 Å². The van der Waals surface area contributed by atoms with Crippen molar-refractivity contribution in [1.82, 2.24) is 24.8 Å². The zero-order valence-electron chi connectivity index (χ0n) is 20.2. The smallest absolute Gasteiger partial charge is 0.262 e. The standard InChI is InChI=1S/C27H21FN6O2S2/c1-16-4-10-19(11-5-16)33-25-20(14-29-33)26(36)31-27(30-25)38-15-24(35)34-22(17-6-8-18(28)9-7-17)13-21(32-34)23-3-2-12-37-23/h2-12,14,22H,13,15H2,1H3,(H,30,31,36). The van der Waals surface area contributed by atoms with Crippen LogP contribution in [-0.2, 0) is 4.79 Å². The largest absolute Gasteiger partial charge is 0.301 e. The number of nitrogens with zero attached hydrogens (tertiary/aromatic N) is 5. The first-order valence-electron chi connectivity index (χ1n) is 11.8. The summed E-state index contributed by atoms with van der Waals surface area (Å²) in [5.41, 5.74) is 3.59. The van der Waals surface area contributed by atoms with Gasteiger partial charge in [-0.25, -0.2) is 19.1 Å². The number of H-pyrrole nitrogens is 1. The van der Waals surface area contributed by atoms with Crippen LogP contribution in [0.4, 0.5) is 4.39 Å². The lowest BCUT2D eigenvalue weighted by Gasteiger charge is -2.21. The van der Waals surface area contributed by atoms with Crippen LogP contribution in [0, 0.1) is 12.7 Å². The van der Waals surface area contributed by atoms with Crippen molar-refractivity contribution in [2.45, 2.75) is 24.5 Å². The lowest BCUT2D eigenvalue weighted by molar-refractivity contribution is -0.130. The molecule has 1 unspecified atom stereocenters. The Kier molecular flexibility index (Phi) is 6.38. The van der Waals surface area contributed by atoms with Crippen LogP contribution in [0.25, 0.3) is 16.7 Å². The fourth-order valence-electron chi connectivity index (χ4n) is 4.31. The van der Waals surface area contributed by atoms with Gasteiger partial charge in [0.1, 0.15) is 11.2 Å². The maximum absolute atomic E-state index is 13.6. The Morgan fingerprint density at radius 1 is 1.16 bits per heavy atom. The number of thiophene rings is 1. The van der Waals surface area contributed by atoms with Crippen LogP contribution in [0.5, 0.6) is 0 Å². The minimum Gasteiger partial charge on any atom is -0.301 e. The second-order valence-corrected chi connectivity index (χ2v) is 10.7. The second kappa shape index (κ2) is 9.99. The van der Waals surface area contributed by atoms with Crippen LogP contribution in [0.3, 0.4) is 0 Å². The number of hydrogen-bond acceptors (Lipinski definition) is 7. The van der Waals surface area contributed by atoms with E-state index in [-0.39, 0.29) is 29.1 Å². The van der Waals surface area contributed by atoms with Gasteiger partial charge in [-0.15, -0.1) is 11.3 Å². The molecule has 0 radical (unpaired) electrons. The maximum atomic E-state index is 13.6. The van der Waals surface area contributed by atoms with E-state index in [2.05, 4.69) is 20.2 Å². The van der Waals surface area contributed by atoms with Gasteiger partial charge in [-0.1, -0.05) is 47.7 Å². The number of carbonyl (C=O) groups is 1. The third-order valence-corrected chi connectivity index (χ3v) is 8.03. The van der Waals surface area contributed by atoms with Crippen LogP contribution in [-0.4, -0.2) is 42.1 Å².